The van der Waals surface area contributed by atoms with E-state index < -0.39 is 5.97 Å². The van der Waals surface area contributed by atoms with E-state index in [0.717, 1.165) is 9.26 Å². The zero-order chi connectivity index (χ0) is 12.0. The number of benzene rings is 1. The summed E-state index contributed by atoms with van der Waals surface area (Å²) in [5.74, 6) is -1.02. The number of carboxylic acids is 1. The molecule has 4 nitrogen and oxygen atoms in total. The minimum atomic E-state index is -0.873. The summed E-state index contributed by atoms with van der Waals surface area (Å²) in [6.07, 6.45) is 0.629. The molecule has 0 aliphatic heterocycles. The van der Waals surface area contributed by atoms with Gasteiger partial charge in [-0.05, 0) is 53.3 Å². The van der Waals surface area contributed by atoms with Crippen molar-refractivity contribution >= 4 is 40.2 Å². The summed E-state index contributed by atoms with van der Waals surface area (Å²) >= 11 is 2.18. The summed E-state index contributed by atoms with van der Waals surface area (Å²) in [7, 11) is 0. The fourth-order valence-corrected chi connectivity index (χ4v) is 1.52. The molecule has 2 N–H and O–H groups in total. The first-order chi connectivity index (χ1) is 7.58. The van der Waals surface area contributed by atoms with Crippen molar-refractivity contribution in [3.05, 3.63) is 27.8 Å². The summed E-state index contributed by atoms with van der Waals surface area (Å²) in [4.78, 5) is 21.6. The molecule has 16 heavy (non-hydrogen) atoms. The molecule has 1 rings (SSSR count). The third-order valence-electron chi connectivity index (χ3n) is 1.92. The zero-order valence-corrected chi connectivity index (χ0v) is 10.7. The highest BCUT2D eigenvalue weighted by Gasteiger charge is 2.04. The van der Waals surface area contributed by atoms with Crippen LogP contribution < -0.4 is 5.32 Å². The van der Waals surface area contributed by atoms with Gasteiger partial charge in [0.05, 0.1) is 0 Å². The Bertz CT molecular complexity index is 375. The van der Waals surface area contributed by atoms with Crippen molar-refractivity contribution in [2.24, 2.45) is 0 Å². The number of carbonyl (C=O) groups excluding carboxylic acids is 1. The molecular weight excluding hydrogens is 321 g/mol. The normalized spacial score (nSPS) is 9.81. The van der Waals surface area contributed by atoms with Crippen LogP contribution in [-0.4, -0.2) is 17.0 Å². The van der Waals surface area contributed by atoms with Crippen molar-refractivity contribution < 1.29 is 14.7 Å². The minimum absolute atomic E-state index is 0.0279. The molecule has 5 heteroatoms. The number of nitrogens with one attached hydrogen (secondary N) is 1. The molecule has 0 saturated carbocycles. The standard InChI is InChI=1S/C11H12INO3/c12-8-4-6-9(7-5-8)13-10(14)2-1-3-11(15)16/h4-7H,1-3H2,(H,13,14)(H,15,16). The number of anilines is 1. The van der Waals surface area contributed by atoms with Crippen molar-refractivity contribution in [2.45, 2.75) is 19.3 Å². The van der Waals surface area contributed by atoms with Crippen LogP contribution in [0.2, 0.25) is 0 Å². The van der Waals surface area contributed by atoms with Crippen molar-refractivity contribution in [1.82, 2.24) is 0 Å². The van der Waals surface area contributed by atoms with E-state index in [1.54, 1.807) is 0 Å². The SMILES string of the molecule is O=C(O)CCCC(=O)Nc1ccc(I)cc1. The Kier molecular flexibility index (Phi) is 5.24. The van der Waals surface area contributed by atoms with Gasteiger partial charge in [-0.15, -0.1) is 0 Å². The van der Waals surface area contributed by atoms with Gasteiger partial charge in [0.15, 0.2) is 0 Å². The molecule has 0 saturated heterocycles. The molecule has 0 aliphatic carbocycles. The number of aliphatic carboxylic acids is 1. The Morgan fingerprint density at radius 2 is 1.81 bits per heavy atom. The molecule has 0 atom stereocenters. The number of carbonyl (C=O) groups is 2. The first-order valence-electron chi connectivity index (χ1n) is 4.85. The number of hydrogen-bond donors (Lipinski definition) is 2. The van der Waals surface area contributed by atoms with E-state index in [9.17, 15) is 9.59 Å². The van der Waals surface area contributed by atoms with E-state index >= 15 is 0 Å². The smallest absolute Gasteiger partial charge is 0.303 e. The predicted molar refractivity (Wildman–Crippen MR) is 69.3 cm³/mol. The second kappa shape index (κ2) is 6.47. The Morgan fingerprint density at radius 1 is 1.19 bits per heavy atom. The Balaban J connectivity index is 2.34. The first kappa shape index (κ1) is 13.0. The third kappa shape index (κ3) is 5.11. The lowest BCUT2D eigenvalue weighted by molar-refractivity contribution is -0.137. The molecule has 0 radical (unpaired) electrons. The Labute approximate surface area is 107 Å². The van der Waals surface area contributed by atoms with Gasteiger partial charge < -0.3 is 10.4 Å². The van der Waals surface area contributed by atoms with Gasteiger partial charge in [-0.2, -0.15) is 0 Å². The molecule has 0 aromatic heterocycles. The van der Waals surface area contributed by atoms with Crippen molar-refractivity contribution in [3.63, 3.8) is 0 Å². The van der Waals surface area contributed by atoms with Gasteiger partial charge in [0.2, 0.25) is 5.91 Å². The van der Waals surface area contributed by atoms with E-state index in [0.29, 0.717) is 6.42 Å². The number of hydrogen-bond acceptors (Lipinski definition) is 2. The first-order valence-corrected chi connectivity index (χ1v) is 5.93. The predicted octanol–water partition coefficient (Wildman–Crippen LogP) is 2.48. The average molecular weight is 333 g/mol. The second-order valence-electron chi connectivity index (χ2n) is 3.30. The van der Waals surface area contributed by atoms with Gasteiger partial charge in [0.1, 0.15) is 0 Å². The van der Waals surface area contributed by atoms with Crippen molar-refractivity contribution in [2.75, 3.05) is 5.32 Å². The largest absolute Gasteiger partial charge is 0.481 e. The van der Waals surface area contributed by atoms with Crippen LogP contribution in [0.25, 0.3) is 0 Å². The van der Waals surface area contributed by atoms with Gasteiger partial charge in [0.25, 0.3) is 0 Å². The molecule has 1 aromatic carbocycles. The maximum absolute atomic E-state index is 11.4. The van der Waals surface area contributed by atoms with E-state index in [-0.39, 0.29) is 18.7 Å². The molecule has 0 heterocycles. The summed E-state index contributed by atoms with van der Waals surface area (Å²) in [6, 6.07) is 7.43. The maximum Gasteiger partial charge on any atom is 0.303 e. The molecular formula is C11H12INO3. The highest BCUT2D eigenvalue weighted by atomic mass is 127. The van der Waals surface area contributed by atoms with Gasteiger partial charge in [-0.25, -0.2) is 0 Å². The van der Waals surface area contributed by atoms with Crippen molar-refractivity contribution in [3.8, 4) is 0 Å². The van der Waals surface area contributed by atoms with E-state index in [1.165, 1.54) is 0 Å². The fourth-order valence-electron chi connectivity index (χ4n) is 1.16. The maximum atomic E-state index is 11.4. The highest BCUT2D eigenvalue weighted by Crippen LogP contribution is 2.11. The van der Waals surface area contributed by atoms with Gasteiger partial charge in [-0.3, -0.25) is 9.59 Å². The van der Waals surface area contributed by atoms with Gasteiger partial charge >= 0.3 is 5.97 Å². The fraction of sp³-hybridized carbons (Fsp3) is 0.273. The molecule has 0 bridgehead atoms. The number of carboxylic acid groups (broad SMARTS) is 1. The van der Waals surface area contributed by atoms with Crippen LogP contribution in [0.3, 0.4) is 0 Å². The van der Waals surface area contributed by atoms with Crippen LogP contribution in [0.1, 0.15) is 19.3 Å². The lowest BCUT2D eigenvalue weighted by Crippen LogP contribution is -2.11. The number of amides is 1. The molecule has 1 aromatic rings. The summed E-state index contributed by atoms with van der Waals surface area (Å²) in [5.41, 5.74) is 0.737. The van der Waals surface area contributed by atoms with Gasteiger partial charge in [0, 0.05) is 22.1 Å². The van der Waals surface area contributed by atoms with Crippen LogP contribution in [0, 0.1) is 3.57 Å². The van der Waals surface area contributed by atoms with E-state index in [2.05, 4.69) is 27.9 Å². The molecule has 1 amide bonds. The zero-order valence-electron chi connectivity index (χ0n) is 8.57. The third-order valence-corrected chi connectivity index (χ3v) is 2.64. The summed E-state index contributed by atoms with van der Waals surface area (Å²) in [6.45, 7) is 0. The van der Waals surface area contributed by atoms with Crippen LogP contribution in [0.4, 0.5) is 5.69 Å². The Morgan fingerprint density at radius 3 is 2.38 bits per heavy atom. The number of halogens is 1. The quantitative estimate of drug-likeness (QED) is 0.814. The second-order valence-corrected chi connectivity index (χ2v) is 4.55. The molecule has 0 unspecified atom stereocenters. The average Bonchev–Trinajstić information content (AvgIpc) is 2.21. The van der Waals surface area contributed by atoms with Crippen LogP contribution in [-0.2, 0) is 9.59 Å². The lowest BCUT2D eigenvalue weighted by Gasteiger charge is -2.04. The van der Waals surface area contributed by atoms with Crippen LogP contribution in [0.15, 0.2) is 24.3 Å². The molecule has 0 aliphatic rings. The summed E-state index contributed by atoms with van der Waals surface area (Å²) in [5, 5.41) is 11.1. The summed E-state index contributed by atoms with van der Waals surface area (Å²) < 4.78 is 1.10. The van der Waals surface area contributed by atoms with Gasteiger partial charge in [-0.1, -0.05) is 0 Å². The number of rotatable bonds is 5. The monoisotopic (exact) mass is 333 g/mol. The van der Waals surface area contributed by atoms with Crippen LogP contribution in [0.5, 0.6) is 0 Å². The minimum Gasteiger partial charge on any atom is -0.481 e. The Hall–Kier alpha value is -1.11. The molecule has 86 valence electrons. The van der Waals surface area contributed by atoms with Crippen LogP contribution >= 0.6 is 22.6 Å². The van der Waals surface area contributed by atoms with E-state index in [1.807, 2.05) is 24.3 Å². The topological polar surface area (TPSA) is 66.4 Å². The molecule has 0 fully saturated rings. The van der Waals surface area contributed by atoms with E-state index in [4.69, 9.17) is 5.11 Å². The highest BCUT2D eigenvalue weighted by molar-refractivity contribution is 14.1. The molecule has 0 spiro atoms. The van der Waals surface area contributed by atoms with Crippen molar-refractivity contribution in [1.29, 1.82) is 0 Å². The lowest BCUT2D eigenvalue weighted by atomic mass is 10.2.